The molecule has 4 heteroatoms. The molecule has 0 saturated carbocycles. The van der Waals surface area contributed by atoms with Gasteiger partial charge in [0.2, 0.25) is 0 Å². The number of anilines is 1. The minimum absolute atomic E-state index is 0.0377. The summed E-state index contributed by atoms with van der Waals surface area (Å²) in [5.41, 5.74) is 3.02. The monoisotopic (exact) mass is 298 g/mol. The van der Waals surface area contributed by atoms with E-state index in [4.69, 9.17) is 5.11 Å². The smallest absolute Gasteiger partial charge is 0.319 e. The van der Waals surface area contributed by atoms with E-state index in [-0.39, 0.29) is 18.7 Å². The SMILES string of the molecule is CC(CCCO)NC(=O)Nc1ccc(-c2ccccc2)cc1. The molecule has 0 saturated heterocycles. The van der Waals surface area contributed by atoms with Crippen molar-refractivity contribution in [3.63, 3.8) is 0 Å². The molecule has 0 aliphatic rings. The molecule has 2 amide bonds. The van der Waals surface area contributed by atoms with Crippen LogP contribution in [-0.2, 0) is 0 Å². The number of rotatable bonds is 6. The maximum Gasteiger partial charge on any atom is 0.319 e. The van der Waals surface area contributed by atoms with Crippen molar-refractivity contribution in [1.82, 2.24) is 5.32 Å². The average Bonchev–Trinajstić information content (AvgIpc) is 2.54. The van der Waals surface area contributed by atoms with E-state index in [1.807, 2.05) is 49.4 Å². The van der Waals surface area contributed by atoms with Gasteiger partial charge in [-0.1, -0.05) is 42.5 Å². The van der Waals surface area contributed by atoms with Gasteiger partial charge in [-0.2, -0.15) is 0 Å². The van der Waals surface area contributed by atoms with Gasteiger partial charge in [0.15, 0.2) is 0 Å². The summed E-state index contributed by atoms with van der Waals surface area (Å²) in [6, 6.07) is 17.7. The zero-order valence-corrected chi connectivity index (χ0v) is 12.8. The summed E-state index contributed by atoms with van der Waals surface area (Å²) in [6.07, 6.45) is 1.45. The van der Waals surface area contributed by atoms with E-state index in [1.165, 1.54) is 0 Å². The lowest BCUT2D eigenvalue weighted by Crippen LogP contribution is -2.36. The van der Waals surface area contributed by atoms with Crippen LogP contribution in [0.25, 0.3) is 11.1 Å². The molecule has 0 aromatic heterocycles. The molecule has 2 aromatic rings. The highest BCUT2D eigenvalue weighted by Gasteiger charge is 2.07. The Labute approximate surface area is 131 Å². The fourth-order valence-electron chi connectivity index (χ4n) is 2.24. The third-order valence-corrected chi connectivity index (χ3v) is 3.42. The molecule has 3 N–H and O–H groups in total. The van der Waals surface area contributed by atoms with Gasteiger partial charge < -0.3 is 15.7 Å². The molecule has 0 bridgehead atoms. The second-order valence-electron chi connectivity index (χ2n) is 5.31. The van der Waals surface area contributed by atoms with Gasteiger partial charge in [0.05, 0.1) is 0 Å². The van der Waals surface area contributed by atoms with Crippen LogP contribution in [0.2, 0.25) is 0 Å². The highest BCUT2D eigenvalue weighted by molar-refractivity contribution is 5.89. The summed E-state index contributed by atoms with van der Waals surface area (Å²) in [6.45, 7) is 2.07. The number of benzene rings is 2. The largest absolute Gasteiger partial charge is 0.396 e. The second-order valence-corrected chi connectivity index (χ2v) is 5.31. The Kier molecular flexibility index (Phi) is 5.98. The molecule has 1 unspecified atom stereocenters. The fraction of sp³-hybridized carbons (Fsp3) is 0.278. The lowest BCUT2D eigenvalue weighted by molar-refractivity contribution is 0.245. The number of amides is 2. The predicted molar refractivity (Wildman–Crippen MR) is 89.8 cm³/mol. The summed E-state index contributed by atoms with van der Waals surface area (Å²) >= 11 is 0. The first-order valence-corrected chi connectivity index (χ1v) is 7.53. The number of aliphatic hydroxyl groups excluding tert-OH is 1. The van der Waals surface area contributed by atoms with Gasteiger partial charge in [-0.25, -0.2) is 4.79 Å². The molecule has 2 aromatic carbocycles. The predicted octanol–water partition coefficient (Wildman–Crippen LogP) is 3.64. The van der Waals surface area contributed by atoms with Crippen molar-refractivity contribution < 1.29 is 9.90 Å². The number of nitrogens with one attached hydrogen (secondary N) is 2. The standard InChI is InChI=1S/C18H22N2O2/c1-14(6-5-13-21)19-18(22)20-17-11-9-16(10-12-17)15-7-3-2-4-8-15/h2-4,7-12,14,21H,5-6,13H2,1H3,(H2,19,20,22). The van der Waals surface area contributed by atoms with Gasteiger partial charge in [-0.05, 0) is 43.0 Å². The number of urea groups is 1. The highest BCUT2D eigenvalue weighted by atomic mass is 16.3. The van der Waals surface area contributed by atoms with Crippen LogP contribution >= 0.6 is 0 Å². The summed E-state index contributed by atoms with van der Waals surface area (Å²) < 4.78 is 0. The first-order valence-electron chi connectivity index (χ1n) is 7.53. The van der Waals surface area contributed by atoms with Crippen LogP contribution in [0.5, 0.6) is 0 Å². The van der Waals surface area contributed by atoms with Crippen LogP contribution in [-0.4, -0.2) is 23.8 Å². The summed E-state index contributed by atoms with van der Waals surface area (Å²) in [4.78, 5) is 11.9. The van der Waals surface area contributed by atoms with Crippen molar-refractivity contribution in [2.45, 2.75) is 25.8 Å². The Morgan fingerprint density at radius 3 is 2.32 bits per heavy atom. The van der Waals surface area contributed by atoms with Crippen LogP contribution < -0.4 is 10.6 Å². The van der Waals surface area contributed by atoms with Crippen LogP contribution in [0.1, 0.15) is 19.8 Å². The van der Waals surface area contributed by atoms with E-state index in [0.29, 0.717) is 6.42 Å². The van der Waals surface area contributed by atoms with E-state index >= 15 is 0 Å². The van der Waals surface area contributed by atoms with Gasteiger partial charge in [-0.3, -0.25) is 0 Å². The van der Waals surface area contributed by atoms with E-state index in [9.17, 15) is 4.79 Å². The Morgan fingerprint density at radius 1 is 1.05 bits per heavy atom. The minimum Gasteiger partial charge on any atom is -0.396 e. The first-order chi connectivity index (χ1) is 10.7. The highest BCUT2D eigenvalue weighted by Crippen LogP contribution is 2.20. The molecule has 1 atom stereocenters. The number of hydrogen-bond acceptors (Lipinski definition) is 2. The molecule has 0 radical (unpaired) electrons. The van der Waals surface area contributed by atoms with Crippen molar-refractivity contribution in [3.05, 3.63) is 54.6 Å². The number of carbonyl (C=O) groups excluding carboxylic acids is 1. The second kappa shape index (κ2) is 8.20. The third-order valence-electron chi connectivity index (χ3n) is 3.42. The van der Waals surface area contributed by atoms with E-state index in [1.54, 1.807) is 0 Å². The molecule has 0 heterocycles. The normalized spacial score (nSPS) is 11.7. The molecule has 116 valence electrons. The third kappa shape index (κ3) is 4.90. The molecular formula is C18H22N2O2. The lowest BCUT2D eigenvalue weighted by atomic mass is 10.1. The molecule has 0 fully saturated rings. The molecule has 0 spiro atoms. The van der Waals surface area contributed by atoms with Crippen LogP contribution in [0.15, 0.2) is 54.6 Å². The number of carbonyl (C=O) groups is 1. The molecule has 4 nitrogen and oxygen atoms in total. The Hall–Kier alpha value is -2.33. The van der Waals surface area contributed by atoms with Gasteiger partial charge in [0.25, 0.3) is 0 Å². The molecule has 2 rings (SSSR count). The number of hydrogen-bond donors (Lipinski definition) is 3. The fourth-order valence-corrected chi connectivity index (χ4v) is 2.24. The van der Waals surface area contributed by atoms with Crippen molar-refractivity contribution in [2.24, 2.45) is 0 Å². The molecule has 0 aliphatic carbocycles. The van der Waals surface area contributed by atoms with Gasteiger partial charge in [0, 0.05) is 18.3 Å². The van der Waals surface area contributed by atoms with E-state index in [2.05, 4.69) is 22.8 Å². The summed E-state index contributed by atoms with van der Waals surface area (Å²) in [5.74, 6) is 0. The quantitative estimate of drug-likeness (QED) is 0.762. The average molecular weight is 298 g/mol. The van der Waals surface area contributed by atoms with E-state index in [0.717, 1.165) is 23.2 Å². The topological polar surface area (TPSA) is 61.4 Å². The van der Waals surface area contributed by atoms with Crippen molar-refractivity contribution in [1.29, 1.82) is 0 Å². The van der Waals surface area contributed by atoms with Crippen molar-refractivity contribution in [3.8, 4) is 11.1 Å². The maximum atomic E-state index is 11.9. The van der Waals surface area contributed by atoms with Gasteiger partial charge in [0.1, 0.15) is 0 Å². The Balaban J connectivity index is 1.90. The van der Waals surface area contributed by atoms with E-state index < -0.39 is 0 Å². The summed E-state index contributed by atoms with van der Waals surface area (Å²) in [5, 5.41) is 14.4. The Morgan fingerprint density at radius 2 is 1.68 bits per heavy atom. The minimum atomic E-state index is -0.224. The van der Waals surface area contributed by atoms with Gasteiger partial charge >= 0.3 is 6.03 Å². The van der Waals surface area contributed by atoms with Crippen molar-refractivity contribution in [2.75, 3.05) is 11.9 Å². The number of aliphatic hydroxyl groups is 1. The van der Waals surface area contributed by atoms with Crippen LogP contribution in [0.3, 0.4) is 0 Å². The zero-order chi connectivity index (χ0) is 15.8. The summed E-state index contributed by atoms with van der Waals surface area (Å²) in [7, 11) is 0. The molecular weight excluding hydrogens is 276 g/mol. The Bertz CT molecular complexity index is 582. The lowest BCUT2D eigenvalue weighted by Gasteiger charge is -2.14. The zero-order valence-electron chi connectivity index (χ0n) is 12.8. The van der Waals surface area contributed by atoms with Crippen molar-refractivity contribution >= 4 is 11.7 Å². The maximum absolute atomic E-state index is 11.9. The van der Waals surface area contributed by atoms with Crippen LogP contribution in [0.4, 0.5) is 10.5 Å². The first kappa shape index (κ1) is 16.0. The molecule has 22 heavy (non-hydrogen) atoms. The van der Waals surface area contributed by atoms with Crippen LogP contribution in [0, 0.1) is 0 Å². The molecule has 0 aliphatic heterocycles. The van der Waals surface area contributed by atoms with Gasteiger partial charge in [-0.15, -0.1) is 0 Å².